The molecule has 3 atom stereocenters. The quantitative estimate of drug-likeness (QED) is 0.470. The first-order valence-corrected chi connectivity index (χ1v) is 10.0. The Morgan fingerprint density at radius 3 is 1.96 bits per heavy atom. The van der Waals surface area contributed by atoms with Crippen LogP contribution in [0.25, 0.3) is 0 Å². The summed E-state index contributed by atoms with van der Waals surface area (Å²) in [6, 6.07) is 0.538. The summed E-state index contributed by atoms with van der Waals surface area (Å²) in [7, 11) is 0. The van der Waals surface area contributed by atoms with Gasteiger partial charge >= 0.3 is 0 Å². The Balaban J connectivity index is 1.79. The summed E-state index contributed by atoms with van der Waals surface area (Å²) >= 11 is 0. The van der Waals surface area contributed by atoms with E-state index in [-0.39, 0.29) is 6.23 Å². The molecule has 0 aromatic heterocycles. The van der Waals surface area contributed by atoms with Crippen LogP contribution in [0.2, 0.25) is 0 Å². The van der Waals surface area contributed by atoms with Crippen LogP contribution in [-0.2, 0) is 4.79 Å². The summed E-state index contributed by atoms with van der Waals surface area (Å²) in [5, 5.41) is 13.2. The zero-order chi connectivity index (χ0) is 16.9. The number of nitrogens with one attached hydrogen (secondary N) is 1. The smallest absolute Gasteiger partial charge is 0.129 e. The zero-order valence-electron chi connectivity index (χ0n) is 15.5. The SMILES string of the molecule is CC(=O)CCCCCCCCCCCC[C@@H]1CC[C@H](C)[C@H](O)N1. The Hall–Kier alpha value is -0.410. The fourth-order valence-corrected chi connectivity index (χ4v) is 3.52. The van der Waals surface area contributed by atoms with Gasteiger partial charge in [0.05, 0.1) is 0 Å². The van der Waals surface area contributed by atoms with Gasteiger partial charge < -0.3 is 9.90 Å². The van der Waals surface area contributed by atoms with Crippen molar-refractivity contribution in [2.24, 2.45) is 5.92 Å². The highest BCUT2D eigenvalue weighted by Crippen LogP contribution is 2.21. The Kier molecular flexibility index (Phi) is 11.6. The van der Waals surface area contributed by atoms with Gasteiger partial charge in [-0.15, -0.1) is 0 Å². The topological polar surface area (TPSA) is 49.3 Å². The number of carbonyl (C=O) groups is 1. The van der Waals surface area contributed by atoms with Gasteiger partial charge in [0, 0.05) is 12.5 Å². The van der Waals surface area contributed by atoms with Crippen LogP contribution < -0.4 is 5.32 Å². The molecule has 1 rings (SSSR count). The molecule has 1 aliphatic heterocycles. The molecular weight excluding hydrogens is 286 g/mol. The van der Waals surface area contributed by atoms with Crippen LogP contribution >= 0.6 is 0 Å². The molecule has 3 heteroatoms. The van der Waals surface area contributed by atoms with E-state index in [0.29, 0.717) is 17.7 Å². The third-order valence-corrected chi connectivity index (χ3v) is 5.25. The third-order valence-electron chi connectivity index (χ3n) is 5.25. The lowest BCUT2D eigenvalue weighted by molar-refractivity contribution is -0.117. The van der Waals surface area contributed by atoms with Gasteiger partial charge in [-0.05, 0) is 38.5 Å². The van der Waals surface area contributed by atoms with E-state index in [1.165, 1.54) is 70.6 Å². The lowest BCUT2D eigenvalue weighted by Gasteiger charge is -2.32. The van der Waals surface area contributed by atoms with E-state index in [4.69, 9.17) is 0 Å². The van der Waals surface area contributed by atoms with E-state index >= 15 is 0 Å². The number of piperidine rings is 1. The molecule has 0 unspecified atom stereocenters. The fourth-order valence-electron chi connectivity index (χ4n) is 3.52. The first-order valence-electron chi connectivity index (χ1n) is 10.0. The molecule has 1 saturated heterocycles. The second-order valence-electron chi connectivity index (χ2n) is 7.64. The van der Waals surface area contributed by atoms with Crippen LogP contribution in [0.1, 0.15) is 104 Å². The first-order chi connectivity index (χ1) is 11.1. The molecule has 0 aromatic rings. The molecule has 0 spiro atoms. The maximum absolute atomic E-state index is 10.8. The van der Waals surface area contributed by atoms with E-state index < -0.39 is 0 Å². The van der Waals surface area contributed by atoms with Gasteiger partial charge in [-0.2, -0.15) is 0 Å². The number of rotatable bonds is 13. The van der Waals surface area contributed by atoms with Crippen molar-refractivity contribution in [3.8, 4) is 0 Å². The monoisotopic (exact) mass is 325 g/mol. The van der Waals surface area contributed by atoms with Crippen molar-refractivity contribution >= 4 is 5.78 Å². The number of aliphatic hydroxyl groups is 1. The number of ketones is 1. The Morgan fingerprint density at radius 2 is 1.43 bits per heavy atom. The summed E-state index contributed by atoms with van der Waals surface area (Å²) in [5.74, 6) is 0.742. The Morgan fingerprint density at radius 1 is 0.913 bits per heavy atom. The largest absolute Gasteiger partial charge is 0.378 e. The number of Topliss-reactive ketones (excluding diaryl/α,β-unsaturated/α-hetero) is 1. The predicted molar refractivity (Wildman–Crippen MR) is 97.4 cm³/mol. The summed E-state index contributed by atoms with van der Waals surface area (Å²) in [5.41, 5.74) is 0. The van der Waals surface area contributed by atoms with Crippen molar-refractivity contribution in [1.29, 1.82) is 0 Å². The predicted octanol–water partition coefficient (Wildman–Crippen LogP) is 4.96. The lowest BCUT2D eigenvalue weighted by Crippen LogP contribution is -2.46. The van der Waals surface area contributed by atoms with Crippen molar-refractivity contribution in [1.82, 2.24) is 5.32 Å². The van der Waals surface area contributed by atoms with Gasteiger partial charge in [0.25, 0.3) is 0 Å². The molecule has 23 heavy (non-hydrogen) atoms. The van der Waals surface area contributed by atoms with Gasteiger partial charge in [0.1, 0.15) is 12.0 Å². The molecule has 1 aliphatic rings. The number of unbranched alkanes of at least 4 members (excludes halogenated alkanes) is 9. The van der Waals surface area contributed by atoms with E-state index in [9.17, 15) is 9.90 Å². The molecule has 2 N–H and O–H groups in total. The van der Waals surface area contributed by atoms with E-state index in [0.717, 1.165) is 19.3 Å². The van der Waals surface area contributed by atoms with Crippen LogP contribution in [-0.4, -0.2) is 23.2 Å². The molecule has 0 aromatic carbocycles. The van der Waals surface area contributed by atoms with Crippen molar-refractivity contribution in [3.63, 3.8) is 0 Å². The van der Waals surface area contributed by atoms with Crippen LogP contribution in [0.3, 0.4) is 0 Å². The maximum atomic E-state index is 10.8. The van der Waals surface area contributed by atoms with Crippen LogP contribution in [0.4, 0.5) is 0 Å². The second-order valence-corrected chi connectivity index (χ2v) is 7.64. The lowest BCUT2D eigenvalue weighted by atomic mass is 9.91. The van der Waals surface area contributed by atoms with Gasteiger partial charge in [0.15, 0.2) is 0 Å². The van der Waals surface area contributed by atoms with Crippen molar-refractivity contribution in [3.05, 3.63) is 0 Å². The second kappa shape index (κ2) is 12.9. The normalized spacial score (nSPS) is 24.7. The third kappa shape index (κ3) is 10.9. The Labute approximate surface area is 143 Å². The first kappa shape index (κ1) is 20.6. The maximum Gasteiger partial charge on any atom is 0.129 e. The highest BCUT2D eigenvalue weighted by atomic mass is 16.3. The number of hydrogen-bond donors (Lipinski definition) is 2. The summed E-state index contributed by atoms with van der Waals surface area (Å²) < 4.78 is 0. The average molecular weight is 326 g/mol. The average Bonchev–Trinajstić information content (AvgIpc) is 2.51. The fraction of sp³-hybridized carbons (Fsp3) is 0.950. The molecule has 1 heterocycles. The molecule has 1 fully saturated rings. The molecule has 0 radical (unpaired) electrons. The van der Waals surface area contributed by atoms with Crippen molar-refractivity contribution in [2.75, 3.05) is 0 Å². The minimum Gasteiger partial charge on any atom is -0.378 e. The standard InChI is InChI=1S/C20H39NO2/c1-17-15-16-19(21-20(17)23)14-12-10-8-6-4-3-5-7-9-11-13-18(2)22/h17,19-21,23H,3-16H2,1-2H3/t17-,19+,20-/m0/s1. The highest BCUT2D eigenvalue weighted by molar-refractivity contribution is 5.75. The van der Waals surface area contributed by atoms with Gasteiger partial charge in [-0.3, -0.25) is 5.32 Å². The molecule has 0 aliphatic carbocycles. The number of aliphatic hydroxyl groups excluding tert-OH is 1. The Bertz CT molecular complexity index is 306. The van der Waals surface area contributed by atoms with Gasteiger partial charge in [-0.1, -0.05) is 64.7 Å². The number of carbonyl (C=O) groups excluding carboxylic acids is 1. The zero-order valence-corrected chi connectivity index (χ0v) is 15.5. The van der Waals surface area contributed by atoms with Crippen LogP contribution in [0.15, 0.2) is 0 Å². The van der Waals surface area contributed by atoms with Gasteiger partial charge in [0.2, 0.25) is 0 Å². The molecule has 3 nitrogen and oxygen atoms in total. The molecule has 136 valence electrons. The summed E-state index contributed by atoms with van der Waals surface area (Å²) in [6.45, 7) is 3.81. The van der Waals surface area contributed by atoms with Crippen LogP contribution in [0.5, 0.6) is 0 Å². The summed E-state index contributed by atoms with van der Waals surface area (Å²) in [6.07, 6.45) is 17.1. The minimum absolute atomic E-state index is 0.288. The van der Waals surface area contributed by atoms with Crippen molar-refractivity contribution in [2.45, 2.75) is 116 Å². The molecule has 0 bridgehead atoms. The molecular formula is C20H39NO2. The number of hydrogen-bond acceptors (Lipinski definition) is 3. The summed E-state index contributed by atoms with van der Waals surface area (Å²) in [4.78, 5) is 10.8. The molecule has 0 amide bonds. The van der Waals surface area contributed by atoms with E-state index in [1.807, 2.05) is 0 Å². The van der Waals surface area contributed by atoms with Crippen molar-refractivity contribution < 1.29 is 9.90 Å². The van der Waals surface area contributed by atoms with Crippen LogP contribution in [0, 0.1) is 5.92 Å². The van der Waals surface area contributed by atoms with E-state index in [2.05, 4.69) is 12.2 Å². The molecule has 0 saturated carbocycles. The minimum atomic E-state index is -0.288. The van der Waals surface area contributed by atoms with E-state index in [1.54, 1.807) is 6.92 Å². The van der Waals surface area contributed by atoms with Gasteiger partial charge in [-0.25, -0.2) is 0 Å². The highest BCUT2D eigenvalue weighted by Gasteiger charge is 2.24.